The van der Waals surface area contributed by atoms with Gasteiger partial charge in [0.15, 0.2) is 6.10 Å². The Morgan fingerprint density at radius 2 is 0.671 bits per heavy atom. The molecule has 70 heavy (non-hydrogen) atoms. The number of hydrogen-bond acceptors (Lipinski definition) is 10. The molecule has 0 aliphatic heterocycles. The second kappa shape index (κ2) is 53.3. The van der Waals surface area contributed by atoms with E-state index in [0.29, 0.717) is 19.3 Å². The smallest absolute Gasteiger partial charge is 0.462 e. The molecule has 0 heterocycles. The monoisotopic (exact) mass is 1010 g/mol. The molecule has 0 amide bonds. The van der Waals surface area contributed by atoms with Crippen molar-refractivity contribution < 1.29 is 52.2 Å². The van der Waals surface area contributed by atoms with Crippen LogP contribution in [0.2, 0.25) is 0 Å². The average Bonchev–Trinajstić information content (AvgIpc) is 3.35. The number of carbonyl (C=O) groups excluding carboxylic acids is 3. The maximum Gasteiger partial charge on any atom is 0.472 e. The van der Waals surface area contributed by atoms with Crippen LogP contribution in [-0.2, 0) is 42.2 Å². The van der Waals surface area contributed by atoms with Crippen LogP contribution in [0.3, 0.4) is 0 Å². The summed E-state index contributed by atoms with van der Waals surface area (Å²) in [7, 11) is -4.74. The number of allylic oxidation sites excluding steroid dienone is 4. The molecule has 0 radical (unpaired) electrons. The number of unbranched alkanes of at least 4 members (excludes halogenated alkanes) is 34. The van der Waals surface area contributed by atoms with Crippen LogP contribution in [0.25, 0.3) is 0 Å². The van der Waals surface area contributed by atoms with E-state index in [1.54, 1.807) is 0 Å². The zero-order chi connectivity index (χ0) is 51.3. The molecule has 11 nitrogen and oxygen atoms in total. The number of esters is 3. The van der Waals surface area contributed by atoms with Crippen molar-refractivity contribution in [1.82, 2.24) is 0 Å². The summed E-state index contributed by atoms with van der Waals surface area (Å²) < 4.78 is 39.5. The van der Waals surface area contributed by atoms with Gasteiger partial charge in [-0.25, -0.2) is 4.57 Å². The van der Waals surface area contributed by atoms with Crippen molar-refractivity contribution in [2.75, 3.05) is 26.4 Å². The van der Waals surface area contributed by atoms with Gasteiger partial charge in [-0.3, -0.25) is 23.4 Å². The Bertz CT molecular complexity index is 1270. The van der Waals surface area contributed by atoms with Crippen LogP contribution in [0.1, 0.15) is 290 Å². The first-order valence-electron chi connectivity index (χ1n) is 29.2. The minimum Gasteiger partial charge on any atom is -0.462 e. The van der Waals surface area contributed by atoms with Gasteiger partial charge in [0.05, 0.1) is 19.8 Å². The third kappa shape index (κ3) is 50.9. The van der Waals surface area contributed by atoms with Crippen LogP contribution in [0.15, 0.2) is 24.3 Å². The summed E-state index contributed by atoms with van der Waals surface area (Å²) in [5, 5.41) is 9.80. The third-order valence-corrected chi connectivity index (χ3v) is 13.8. The number of phosphoric acid groups is 1. The van der Waals surface area contributed by atoms with Crippen molar-refractivity contribution in [3.05, 3.63) is 24.3 Å². The highest BCUT2D eigenvalue weighted by Crippen LogP contribution is 2.43. The Hall–Kier alpha value is -2.04. The van der Waals surface area contributed by atoms with Crippen LogP contribution >= 0.6 is 7.82 Å². The van der Waals surface area contributed by atoms with Crippen LogP contribution in [0.5, 0.6) is 0 Å². The molecule has 2 N–H and O–H groups in total. The molecule has 412 valence electrons. The van der Waals surface area contributed by atoms with E-state index in [1.807, 2.05) is 0 Å². The lowest BCUT2D eigenvalue weighted by Gasteiger charge is -2.21. The van der Waals surface area contributed by atoms with Crippen LogP contribution in [0.4, 0.5) is 0 Å². The number of phosphoric ester groups is 1. The maximum atomic E-state index is 12.9. The van der Waals surface area contributed by atoms with E-state index in [1.165, 1.54) is 154 Å². The van der Waals surface area contributed by atoms with Crippen LogP contribution < -0.4 is 0 Å². The standard InChI is InChI=1S/C58H109O11P/c1-4-7-10-13-16-19-22-24-25-26-27-28-29-31-34-37-40-43-46-49-58(62)69-55(51-65-56(60)47-44-41-38-35-32-21-18-15-12-9-6-3)53-67-70(63,64)66-52-54(50-59)68-57(61)48-45-42-39-36-33-30-23-20-17-14-11-8-5-2/h15,18,24-25,54-55,59H,4-14,16-17,19-23,26-53H2,1-3H3,(H,63,64)/b18-15-,25-24-. The summed E-state index contributed by atoms with van der Waals surface area (Å²) >= 11 is 0. The lowest BCUT2D eigenvalue weighted by atomic mass is 10.0. The van der Waals surface area contributed by atoms with Gasteiger partial charge in [-0.2, -0.15) is 0 Å². The highest BCUT2D eigenvalue weighted by atomic mass is 31.2. The van der Waals surface area contributed by atoms with Gasteiger partial charge in [0.25, 0.3) is 0 Å². The van der Waals surface area contributed by atoms with Gasteiger partial charge < -0.3 is 24.2 Å². The molecule has 3 unspecified atom stereocenters. The predicted molar refractivity (Wildman–Crippen MR) is 289 cm³/mol. The first-order valence-corrected chi connectivity index (χ1v) is 30.7. The molecule has 0 aromatic heterocycles. The molecular weight excluding hydrogens is 904 g/mol. The number of aliphatic hydroxyl groups is 1. The minimum atomic E-state index is -4.74. The molecule has 0 bridgehead atoms. The van der Waals surface area contributed by atoms with Gasteiger partial charge in [0, 0.05) is 19.3 Å². The second-order valence-electron chi connectivity index (χ2n) is 19.8. The molecule has 0 aromatic carbocycles. The molecule has 0 saturated heterocycles. The summed E-state index contributed by atoms with van der Waals surface area (Å²) in [5.41, 5.74) is 0. The van der Waals surface area contributed by atoms with Gasteiger partial charge in [-0.15, -0.1) is 0 Å². The number of ether oxygens (including phenoxy) is 3. The van der Waals surface area contributed by atoms with E-state index >= 15 is 0 Å². The van der Waals surface area contributed by atoms with Crippen molar-refractivity contribution in [3.8, 4) is 0 Å². The lowest BCUT2D eigenvalue weighted by Crippen LogP contribution is -2.30. The molecule has 0 aliphatic carbocycles. The van der Waals surface area contributed by atoms with Crippen molar-refractivity contribution in [3.63, 3.8) is 0 Å². The Kier molecular flexibility index (Phi) is 51.7. The fourth-order valence-electron chi connectivity index (χ4n) is 8.33. The topological polar surface area (TPSA) is 155 Å². The quantitative estimate of drug-likeness (QED) is 0.0197. The third-order valence-electron chi connectivity index (χ3n) is 12.8. The van der Waals surface area contributed by atoms with Crippen molar-refractivity contribution in [2.45, 2.75) is 303 Å². The fourth-order valence-corrected chi connectivity index (χ4v) is 9.12. The average molecular weight is 1010 g/mol. The van der Waals surface area contributed by atoms with Gasteiger partial charge in [0.2, 0.25) is 0 Å². The van der Waals surface area contributed by atoms with E-state index in [9.17, 15) is 28.9 Å². The van der Waals surface area contributed by atoms with Gasteiger partial charge in [0.1, 0.15) is 12.7 Å². The van der Waals surface area contributed by atoms with E-state index in [2.05, 4.69) is 45.1 Å². The molecule has 0 spiro atoms. The Morgan fingerprint density at radius 1 is 0.386 bits per heavy atom. The molecule has 0 saturated carbocycles. The minimum absolute atomic E-state index is 0.168. The number of carbonyl (C=O) groups is 3. The van der Waals surface area contributed by atoms with E-state index in [4.69, 9.17) is 23.3 Å². The predicted octanol–water partition coefficient (Wildman–Crippen LogP) is 17.0. The molecule has 12 heteroatoms. The normalized spacial score (nSPS) is 13.5. The van der Waals surface area contributed by atoms with Crippen molar-refractivity contribution >= 4 is 25.7 Å². The first kappa shape index (κ1) is 68.0. The van der Waals surface area contributed by atoms with E-state index in [0.717, 1.165) is 77.0 Å². The first-order chi connectivity index (χ1) is 34.2. The lowest BCUT2D eigenvalue weighted by molar-refractivity contribution is -0.161. The Labute approximate surface area is 429 Å². The second-order valence-corrected chi connectivity index (χ2v) is 21.3. The summed E-state index contributed by atoms with van der Waals surface area (Å²) in [5.74, 6) is -1.46. The largest absolute Gasteiger partial charge is 0.472 e. The summed E-state index contributed by atoms with van der Waals surface area (Å²) in [4.78, 5) is 48.4. The fraction of sp³-hybridized carbons (Fsp3) is 0.879. The molecule has 0 aromatic rings. The van der Waals surface area contributed by atoms with Crippen LogP contribution in [0, 0.1) is 0 Å². The number of aliphatic hydroxyl groups excluding tert-OH is 1. The zero-order valence-electron chi connectivity index (χ0n) is 45.5. The summed E-state index contributed by atoms with van der Waals surface area (Å²) in [6.45, 7) is 4.63. The Balaban J connectivity index is 4.65. The van der Waals surface area contributed by atoms with Crippen molar-refractivity contribution in [1.29, 1.82) is 0 Å². The molecule has 0 aliphatic rings. The van der Waals surface area contributed by atoms with Gasteiger partial charge >= 0.3 is 25.7 Å². The van der Waals surface area contributed by atoms with Crippen LogP contribution in [-0.4, -0.2) is 66.5 Å². The zero-order valence-corrected chi connectivity index (χ0v) is 46.4. The van der Waals surface area contributed by atoms with Gasteiger partial charge in [-0.05, 0) is 64.2 Å². The number of hydrogen-bond donors (Lipinski definition) is 2. The molecule has 0 rings (SSSR count). The Morgan fingerprint density at radius 3 is 1.03 bits per heavy atom. The van der Waals surface area contributed by atoms with E-state index < -0.39 is 57.8 Å². The summed E-state index contributed by atoms with van der Waals surface area (Å²) in [6, 6.07) is 0. The van der Waals surface area contributed by atoms with Crippen molar-refractivity contribution in [2.24, 2.45) is 0 Å². The SMILES string of the molecule is CCCC/C=C\CCCCCCCC(=O)OCC(COP(=O)(O)OCC(CO)OC(=O)CCCCCCCCCCCCCCC)OC(=O)CCCCCCCCCCC/C=C\CCCCCCCC. The summed E-state index contributed by atoms with van der Waals surface area (Å²) in [6.07, 6.45) is 52.8. The molecule has 3 atom stereocenters. The van der Waals surface area contributed by atoms with Gasteiger partial charge in [-0.1, -0.05) is 231 Å². The number of rotatable bonds is 55. The molecule has 0 fully saturated rings. The maximum absolute atomic E-state index is 12.9. The highest BCUT2D eigenvalue weighted by molar-refractivity contribution is 7.47. The highest BCUT2D eigenvalue weighted by Gasteiger charge is 2.28. The molecular formula is C58H109O11P. The van der Waals surface area contributed by atoms with E-state index in [-0.39, 0.29) is 25.9 Å².